The molecule has 0 fully saturated rings. The van der Waals surface area contributed by atoms with Crippen molar-refractivity contribution in [2.45, 2.75) is 10.6 Å². The van der Waals surface area contributed by atoms with Gasteiger partial charge in [0.2, 0.25) is 0 Å². The molecular formula is C15H15NO4S2. The Hall–Kier alpha value is -1.99. The lowest BCUT2D eigenvalue weighted by molar-refractivity contribution is 0.0601. The molecule has 0 unspecified atom stereocenters. The maximum absolute atomic E-state index is 11.9. The fourth-order valence-electron chi connectivity index (χ4n) is 1.88. The van der Waals surface area contributed by atoms with Crippen LogP contribution in [-0.2, 0) is 15.2 Å². The zero-order valence-electron chi connectivity index (χ0n) is 12.1. The molecule has 7 heteroatoms. The van der Waals surface area contributed by atoms with Crippen LogP contribution in [0.5, 0.6) is 0 Å². The van der Waals surface area contributed by atoms with E-state index in [4.69, 9.17) is 15.2 Å². The molecule has 116 valence electrons. The Balaban J connectivity index is 2.37. The molecule has 0 saturated carbocycles. The second kappa shape index (κ2) is 7.33. The predicted molar refractivity (Wildman–Crippen MR) is 87.4 cm³/mol. The van der Waals surface area contributed by atoms with Crippen LogP contribution in [0.2, 0.25) is 0 Å². The second-order valence-corrected chi connectivity index (χ2v) is 6.33. The number of hydrogen-bond acceptors (Lipinski definition) is 7. The average Bonchev–Trinajstić information content (AvgIpc) is 2.88. The van der Waals surface area contributed by atoms with Crippen molar-refractivity contribution in [3.63, 3.8) is 0 Å². The Morgan fingerprint density at radius 3 is 2.36 bits per heavy atom. The van der Waals surface area contributed by atoms with Crippen LogP contribution in [0, 0.1) is 0 Å². The van der Waals surface area contributed by atoms with E-state index < -0.39 is 11.9 Å². The Labute approximate surface area is 136 Å². The molecule has 0 radical (unpaired) electrons. The molecule has 0 bridgehead atoms. The Morgan fingerprint density at radius 2 is 1.77 bits per heavy atom. The fourth-order valence-corrected chi connectivity index (χ4v) is 3.91. The van der Waals surface area contributed by atoms with Gasteiger partial charge in [-0.25, -0.2) is 9.59 Å². The summed E-state index contributed by atoms with van der Waals surface area (Å²) in [7, 11) is 2.58. The van der Waals surface area contributed by atoms with Gasteiger partial charge in [-0.15, -0.1) is 23.1 Å². The van der Waals surface area contributed by atoms with Gasteiger partial charge in [-0.2, -0.15) is 0 Å². The van der Waals surface area contributed by atoms with E-state index in [0.717, 1.165) is 16.2 Å². The number of thiophene rings is 1. The minimum absolute atomic E-state index is 0.247. The van der Waals surface area contributed by atoms with E-state index in [2.05, 4.69) is 0 Å². The summed E-state index contributed by atoms with van der Waals surface area (Å²) < 4.78 is 9.53. The standard InChI is InChI=1S/C15H15NO4S2/c1-19-14(17)11-10(8-21-9-6-4-3-5-7-9)12(15(18)20-2)22-13(11)16/h3-7H,8,16H2,1-2H3. The van der Waals surface area contributed by atoms with Crippen LogP contribution in [0.3, 0.4) is 0 Å². The molecular weight excluding hydrogens is 322 g/mol. The number of hydrogen-bond donors (Lipinski definition) is 1. The largest absolute Gasteiger partial charge is 0.465 e. The van der Waals surface area contributed by atoms with Gasteiger partial charge in [0.15, 0.2) is 0 Å². The maximum Gasteiger partial charge on any atom is 0.348 e. The van der Waals surface area contributed by atoms with E-state index in [1.54, 1.807) is 0 Å². The quantitative estimate of drug-likeness (QED) is 0.667. The zero-order valence-corrected chi connectivity index (χ0v) is 13.8. The maximum atomic E-state index is 11.9. The van der Waals surface area contributed by atoms with Crippen molar-refractivity contribution >= 4 is 40.0 Å². The highest BCUT2D eigenvalue weighted by Crippen LogP contribution is 2.36. The van der Waals surface area contributed by atoms with Crippen molar-refractivity contribution < 1.29 is 19.1 Å². The number of esters is 2. The van der Waals surface area contributed by atoms with E-state index in [-0.39, 0.29) is 10.6 Å². The number of nitrogens with two attached hydrogens (primary N) is 1. The van der Waals surface area contributed by atoms with Crippen LogP contribution in [0.15, 0.2) is 35.2 Å². The first-order valence-corrected chi connectivity index (χ1v) is 8.14. The lowest BCUT2D eigenvalue weighted by Gasteiger charge is -2.06. The minimum atomic E-state index is -0.549. The van der Waals surface area contributed by atoms with Gasteiger partial charge in [0.1, 0.15) is 9.88 Å². The number of benzene rings is 1. The number of anilines is 1. The molecule has 5 nitrogen and oxygen atoms in total. The van der Waals surface area contributed by atoms with Crippen LogP contribution >= 0.6 is 23.1 Å². The van der Waals surface area contributed by atoms with Gasteiger partial charge >= 0.3 is 11.9 Å². The van der Waals surface area contributed by atoms with Crippen LogP contribution in [0.4, 0.5) is 5.00 Å². The zero-order chi connectivity index (χ0) is 16.1. The first-order chi connectivity index (χ1) is 10.6. The number of ether oxygens (including phenoxy) is 2. The predicted octanol–water partition coefficient (Wildman–Crippen LogP) is 3.20. The molecule has 2 rings (SSSR count). The molecule has 2 N–H and O–H groups in total. The van der Waals surface area contributed by atoms with Crippen molar-refractivity contribution in [3.05, 3.63) is 46.3 Å². The van der Waals surface area contributed by atoms with Crippen LogP contribution in [0.25, 0.3) is 0 Å². The number of carbonyl (C=O) groups excluding carboxylic acids is 2. The molecule has 1 heterocycles. The summed E-state index contributed by atoms with van der Waals surface area (Å²) in [5.74, 6) is -0.630. The van der Waals surface area contributed by atoms with Gasteiger partial charge in [0.05, 0.1) is 19.8 Å². The van der Waals surface area contributed by atoms with Gasteiger partial charge < -0.3 is 15.2 Å². The monoisotopic (exact) mass is 337 g/mol. The van der Waals surface area contributed by atoms with Crippen molar-refractivity contribution in [1.29, 1.82) is 0 Å². The van der Waals surface area contributed by atoms with Gasteiger partial charge in [0, 0.05) is 16.2 Å². The molecule has 0 saturated heterocycles. The molecule has 22 heavy (non-hydrogen) atoms. The number of rotatable bonds is 5. The number of nitrogen functional groups attached to an aromatic ring is 1. The average molecular weight is 337 g/mol. The summed E-state index contributed by atoms with van der Waals surface area (Å²) in [5, 5.41) is 0.260. The summed E-state index contributed by atoms with van der Waals surface area (Å²) in [5.41, 5.74) is 6.68. The summed E-state index contributed by atoms with van der Waals surface area (Å²) >= 11 is 2.55. The SMILES string of the molecule is COC(=O)c1sc(N)c(C(=O)OC)c1CSc1ccccc1. The molecule has 0 spiro atoms. The molecule has 1 aromatic carbocycles. The van der Waals surface area contributed by atoms with Gasteiger partial charge in [-0.3, -0.25) is 0 Å². The summed E-state index contributed by atoms with van der Waals surface area (Å²) in [6.45, 7) is 0. The number of methoxy groups -OCH3 is 2. The summed E-state index contributed by atoms with van der Waals surface area (Å²) in [4.78, 5) is 25.2. The summed E-state index contributed by atoms with van der Waals surface area (Å²) in [6.07, 6.45) is 0. The minimum Gasteiger partial charge on any atom is -0.465 e. The normalized spacial score (nSPS) is 10.3. The van der Waals surface area contributed by atoms with E-state index in [1.165, 1.54) is 26.0 Å². The Morgan fingerprint density at radius 1 is 1.14 bits per heavy atom. The van der Waals surface area contributed by atoms with Crippen molar-refractivity contribution in [3.8, 4) is 0 Å². The Bertz CT molecular complexity index is 682. The highest BCUT2D eigenvalue weighted by atomic mass is 32.2. The van der Waals surface area contributed by atoms with E-state index in [0.29, 0.717) is 16.2 Å². The van der Waals surface area contributed by atoms with Gasteiger partial charge in [0.25, 0.3) is 0 Å². The number of thioether (sulfide) groups is 1. The van der Waals surface area contributed by atoms with Crippen LogP contribution in [0.1, 0.15) is 25.6 Å². The first kappa shape index (κ1) is 16.4. The topological polar surface area (TPSA) is 78.6 Å². The van der Waals surface area contributed by atoms with Crippen molar-refractivity contribution in [2.24, 2.45) is 0 Å². The second-order valence-electron chi connectivity index (χ2n) is 4.23. The van der Waals surface area contributed by atoms with Crippen molar-refractivity contribution in [2.75, 3.05) is 20.0 Å². The molecule has 0 aliphatic carbocycles. The van der Waals surface area contributed by atoms with E-state index in [1.807, 2.05) is 30.3 Å². The van der Waals surface area contributed by atoms with Gasteiger partial charge in [-0.05, 0) is 12.1 Å². The molecule has 0 atom stereocenters. The Kier molecular flexibility index (Phi) is 5.46. The fraction of sp³-hybridized carbons (Fsp3) is 0.200. The third-order valence-corrected chi connectivity index (χ3v) is 5.00. The van der Waals surface area contributed by atoms with Crippen molar-refractivity contribution in [1.82, 2.24) is 0 Å². The molecule has 0 aliphatic heterocycles. The summed E-state index contributed by atoms with van der Waals surface area (Å²) in [6, 6.07) is 9.68. The molecule has 0 aliphatic rings. The smallest absolute Gasteiger partial charge is 0.348 e. The molecule has 0 amide bonds. The lowest BCUT2D eigenvalue weighted by Crippen LogP contribution is -2.08. The molecule has 2 aromatic rings. The van der Waals surface area contributed by atoms with Crippen LogP contribution < -0.4 is 5.73 Å². The number of carbonyl (C=O) groups is 2. The third kappa shape index (κ3) is 3.42. The van der Waals surface area contributed by atoms with Gasteiger partial charge in [-0.1, -0.05) is 18.2 Å². The van der Waals surface area contributed by atoms with Crippen LogP contribution in [-0.4, -0.2) is 26.2 Å². The lowest BCUT2D eigenvalue weighted by atomic mass is 10.1. The third-order valence-electron chi connectivity index (χ3n) is 2.92. The first-order valence-electron chi connectivity index (χ1n) is 6.34. The van der Waals surface area contributed by atoms with E-state index in [9.17, 15) is 9.59 Å². The van der Waals surface area contributed by atoms with E-state index >= 15 is 0 Å². The highest BCUT2D eigenvalue weighted by molar-refractivity contribution is 7.98. The highest BCUT2D eigenvalue weighted by Gasteiger charge is 2.27. The molecule has 1 aromatic heterocycles.